The Morgan fingerprint density at radius 3 is 2.76 bits per heavy atom. The minimum Gasteiger partial charge on any atom is -0.409 e. The van der Waals surface area contributed by atoms with Crippen LogP contribution in [0.3, 0.4) is 0 Å². The van der Waals surface area contributed by atoms with E-state index >= 15 is 0 Å². The highest BCUT2D eigenvalue weighted by molar-refractivity contribution is 6.02. The average molecular weight is 288 g/mol. The van der Waals surface area contributed by atoms with Crippen LogP contribution in [0.4, 0.5) is 5.69 Å². The molecule has 1 atom stereocenters. The van der Waals surface area contributed by atoms with Crippen LogP contribution in [0.2, 0.25) is 0 Å². The number of likely N-dealkylation sites (tertiary alicyclic amines) is 1. The third-order valence-electron chi connectivity index (χ3n) is 4.70. The molecular formula is C16H24N4O. The van der Waals surface area contributed by atoms with Crippen LogP contribution in [0.25, 0.3) is 0 Å². The van der Waals surface area contributed by atoms with Crippen molar-refractivity contribution in [2.75, 3.05) is 31.1 Å². The van der Waals surface area contributed by atoms with Gasteiger partial charge in [0, 0.05) is 30.4 Å². The van der Waals surface area contributed by atoms with Crippen molar-refractivity contribution in [3.05, 3.63) is 29.3 Å². The van der Waals surface area contributed by atoms with E-state index in [1.807, 2.05) is 13.0 Å². The molecule has 1 aromatic rings. The number of aryl methyl sites for hydroxylation is 1. The predicted molar refractivity (Wildman–Crippen MR) is 85.1 cm³/mol. The smallest absolute Gasteiger partial charge is 0.172 e. The Hall–Kier alpha value is -1.75. The lowest BCUT2D eigenvalue weighted by Gasteiger charge is -2.25. The first-order valence-corrected chi connectivity index (χ1v) is 7.76. The van der Waals surface area contributed by atoms with Crippen molar-refractivity contribution >= 4 is 11.5 Å². The fourth-order valence-electron chi connectivity index (χ4n) is 3.55. The van der Waals surface area contributed by atoms with Gasteiger partial charge in [0.25, 0.3) is 0 Å². The molecule has 0 spiro atoms. The summed E-state index contributed by atoms with van der Waals surface area (Å²) in [7, 11) is 0. The van der Waals surface area contributed by atoms with E-state index in [1.54, 1.807) is 0 Å². The van der Waals surface area contributed by atoms with Crippen LogP contribution in [-0.2, 0) is 0 Å². The molecule has 1 unspecified atom stereocenters. The largest absolute Gasteiger partial charge is 0.409 e. The lowest BCUT2D eigenvalue weighted by atomic mass is 10.1. The molecule has 0 radical (unpaired) electrons. The van der Waals surface area contributed by atoms with Crippen LogP contribution < -0.4 is 10.6 Å². The molecule has 2 aliphatic heterocycles. The first-order chi connectivity index (χ1) is 10.2. The summed E-state index contributed by atoms with van der Waals surface area (Å²) < 4.78 is 0. The number of rotatable bonds is 3. The van der Waals surface area contributed by atoms with Crippen molar-refractivity contribution in [2.24, 2.45) is 10.9 Å². The zero-order chi connectivity index (χ0) is 14.8. The van der Waals surface area contributed by atoms with Crippen LogP contribution in [0.1, 0.15) is 30.4 Å². The Morgan fingerprint density at radius 2 is 2.05 bits per heavy atom. The van der Waals surface area contributed by atoms with Crippen molar-refractivity contribution in [3.63, 3.8) is 0 Å². The topological polar surface area (TPSA) is 65.1 Å². The summed E-state index contributed by atoms with van der Waals surface area (Å²) in [4.78, 5) is 4.98. The van der Waals surface area contributed by atoms with E-state index in [-0.39, 0.29) is 5.84 Å². The third-order valence-corrected chi connectivity index (χ3v) is 4.70. The summed E-state index contributed by atoms with van der Waals surface area (Å²) in [6.07, 6.45) is 3.86. The number of hydrogen-bond donors (Lipinski definition) is 2. The SMILES string of the molecule is Cc1ccc(N2CCC(N3CCCC3)C2)c(/C(N)=N/O)c1. The highest BCUT2D eigenvalue weighted by Gasteiger charge is 2.30. The molecular weight excluding hydrogens is 264 g/mol. The van der Waals surface area contributed by atoms with Gasteiger partial charge in [0.1, 0.15) is 0 Å². The summed E-state index contributed by atoms with van der Waals surface area (Å²) in [6, 6.07) is 6.82. The van der Waals surface area contributed by atoms with Gasteiger partial charge in [-0.1, -0.05) is 16.8 Å². The molecule has 2 heterocycles. The second-order valence-electron chi connectivity index (χ2n) is 6.14. The molecule has 0 bridgehead atoms. The molecule has 0 amide bonds. The van der Waals surface area contributed by atoms with E-state index in [4.69, 9.17) is 10.9 Å². The zero-order valence-electron chi connectivity index (χ0n) is 12.6. The Bertz CT molecular complexity index is 537. The highest BCUT2D eigenvalue weighted by atomic mass is 16.4. The fourth-order valence-corrected chi connectivity index (χ4v) is 3.55. The van der Waals surface area contributed by atoms with E-state index in [0.717, 1.165) is 29.9 Å². The molecule has 21 heavy (non-hydrogen) atoms. The fraction of sp³-hybridized carbons (Fsp3) is 0.562. The molecule has 2 fully saturated rings. The maximum atomic E-state index is 9.01. The zero-order valence-corrected chi connectivity index (χ0v) is 12.6. The van der Waals surface area contributed by atoms with Crippen molar-refractivity contribution in [2.45, 2.75) is 32.2 Å². The first-order valence-electron chi connectivity index (χ1n) is 7.76. The standard InChI is InChI=1S/C16H24N4O/c1-12-4-5-15(14(10-12)16(17)18-21)20-9-6-13(11-20)19-7-2-3-8-19/h4-5,10,13,21H,2-3,6-9,11H2,1H3,(H2,17,18). The van der Waals surface area contributed by atoms with E-state index in [2.05, 4.69) is 27.1 Å². The molecule has 5 heteroatoms. The molecule has 0 saturated carbocycles. The monoisotopic (exact) mass is 288 g/mol. The molecule has 0 aromatic heterocycles. The molecule has 1 aromatic carbocycles. The Labute approximate surface area is 126 Å². The van der Waals surface area contributed by atoms with Gasteiger partial charge in [0.05, 0.1) is 0 Å². The Morgan fingerprint density at radius 1 is 1.29 bits per heavy atom. The van der Waals surface area contributed by atoms with E-state index < -0.39 is 0 Å². The lowest BCUT2D eigenvalue weighted by Crippen LogP contribution is -2.35. The summed E-state index contributed by atoms with van der Waals surface area (Å²) in [5, 5.41) is 12.2. The van der Waals surface area contributed by atoms with Crippen molar-refractivity contribution < 1.29 is 5.21 Å². The maximum Gasteiger partial charge on any atom is 0.172 e. The van der Waals surface area contributed by atoms with Crippen LogP contribution in [-0.4, -0.2) is 48.2 Å². The van der Waals surface area contributed by atoms with Gasteiger partial charge in [0.2, 0.25) is 0 Å². The molecule has 0 aliphatic carbocycles. The lowest BCUT2D eigenvalue weighted by molar-refractivity contribution is 0.260. The minimum absolute atomic E-state index is 0.193. The molecule has 2 aliphatic rings. The normalized spacial score (nSPS) is 24.0. The first kappa shape index (κ1) is 14.2. The third kappa shape index (κ3) is 2.83. The number of benzene rings is 1. The van der Waals surface area contributed by atoms with Crippen molar-refractivity contribution in [3.8, 4) is 0 Å². The number of nitrogens with zero attached hydrogens (tertiary/aromatic N) is 3. The van der Waals surface area contributed by atoms with Gasteiger partial charge in [-0.2, -0.15) is 0 Å². The summed E-state index contributed by atoms with van der Waals surface area (Å²) in [6.45, 7) is 6.57. The second-order valence-corrected chi connectivity index (χ2v) is 6.14. The molecule has 5 nitrogen and oxygen atoms in total. The van der Waals surface area contributed by atoms with Gasteiger partial charge in [-0.05, 0) is 51.4 Å². The minimum atomic E-state index is 0.193. The van der Waals surface area contributed by atoms with Crippen LogP contribution in [0.15, 0.2) is 23.4 Å². The van der Waals surface area contributed by atoms with Gasteiger partial charge < -0.3 is 15.8 Å². The van der Waals surface area contributed by atoms with Gasteiger partial charge >= 0.3 is 0 Å². The number of nitrogens with two attached hydrogens (primary N) is 1. The van der Waals surface area contributed by atoms with Crippen LogP contribution in [0, 0.1) is 6.92 Å². The van der Waals surface area contributed by atoms with Gasteiger partial charge in [-0.3, -0.25) is 4.90 Å². The maximum absolute atomic E-state index is 9.01. The number of oxime groups is 1. The van der Waals surface area contributed by atoms with Crippen molar-refractivity contribution in [1.82, 2.24) is 4.90 Å². The molecule has 2 saturated heterocycles. The van der Waals surface area contributed by atoms with Crippen LogP contribution >= 0.6 is 0 Å². The predicted octanol–water partition coefficient (Wildman–Crippen LogP) is 1.76. The quantitative estimate of drug-likeness (QED) is 0.385. The van der Waals surface area contributed by atoms with Gasteiger partial charge in [-0.25, -0.2) is 0 Å². The average Bonchev–Trinajstić information content (AvgIpc) is 3.16. The molecule has 3 rings (SSSR count). The molecule has 114 valence electrons. The summed E-state index contributed by atoms with van der Waals surface area (Å²) >= 11 is 0. The van der Waals surface area contributed by atoms with Gasteiger partial charge in [0.15, 0.2) is 5.84 Å². The van der Waals surface area contributed by atoms with Crippen LogP contribution in [0.5, 0.6) is 0 Å². The summed E-state index contributed by atoms with van der Waals surface area (Å²) in [5.41, 5.74) is 8.89. The van der Waals surface area contributed by atoms with Crippen molar-refractivity contribution in [1.29, 1.82) is 0 Å². The summed E-state index contributed by atoms with van der Waals surface area (Å²) in [5.74, 6) is 0.193. The highest BCUT2D eigenvalue weighted by Crippen LogP contribution is 2.28. The van der Waals surface area contributed by atoms with E-state index in [0.29, 0.717) is 6.04 Å². The number of anilines is 1. The number of amidine groups is 1. The Balaban J connectivity index is 1.81. The molecule has 3 N–H and O–H groups in total. The van der Waals surface area contributed by atoms with E-state index in [9.17, 15) is 0 Å². The van der Waals surface area contributed by atoms with Gasteiger partial charge in [-0.15, -0.1) is 0 Å². The second kappa shape index (κ2) is 5.93. The number of hydrogen-bond acceptors (Lipinski definition) is 4. The van der Waals surface area contributed by atoms with E-state index in [1.165, 1.54) is 32.4 Å². The Kier molecular flexibility index (Phi) is 4.01.